The molecule has 1 aromatic heterocycles. The number of nitro benzene ring substituents is 1. The quantitative estimate of drug-likeness (QED) is 0.290. The van der Waals surface area contributed by atoms with Crippen molar-refractivity contribution in [2.75, 3.05) is 0 Å². The molecule has 0 radical (unpaired) electrons. The second-order valence-electron chi connectivity index (χ2n) is 5.54. The van der Waals surface area contributed by atoms with Gasteiger partial charge in [-0.1, -0.05) is 37.3 Å². The first-order chi connectivity index (χ1) is 12.6. The minimum atomic E-state index is -0.421. The van der Waals surface area contributed by atoms with E-state index in [2.05, 4.69) is 4.98 Å². The number of carbonyl (C=O) groups is 1. The van der Waals surface area contributed by atoms with Gasteiger partial charge in [-0.15, -0.1) is 0 Å². The number of carbonyl (C=O) groups excluding carboxylic acids is 1. The first kappa shape index (κ1) is 17.3. The predicted molar refractivity (Wildman–Crippen MR) is 99.7 cm³/mol. The van der Waals surface area contributed by atoms with Crippen molar-refractivity contribution < 1.29 is 14.5 Å². The lowest BCUT2D eigenvalue weighted by Crippen LogP contribution is -2.06. The number of esters is 1. The van der Waals surface area contributed by atoms with Gasteiger partial charge in [0.2, 0.25) is 0 Å². The first-order valence-electron chi connectivity index (χ1n) is 8.10. The molecule has 0 aliphatic rings. The van der Waals surface area contributed by atoms with Crippen LogP contribution in [-0.4, -0.2) is 15.9 Å². The van der Waals surface area contributed by atoms with Crippen molar-refractivity contribution in [3.05, 3.63) is 76.0 Å². The Kier molecular flexibility index (Phi) is 5.03. The fraction of sp³-hybridized carbons (Fsp3) is 0.100. The van der Waals surface area contributed by atoms with Crippen LogP contribution in [0.3, 0.4) is 0 Å². The average Bonchev–Trinajstić information content (AvgIpc) is 2.66. The van der Waals surface area contributed by atoms with Gasteiger partial charge in [0.25, 0.3) is 5.69 Å². The third kappa shape index (κ3) is 3.75. The normalized spacial score (nSPS) is 11.0. The Hall–Kier alpha value is -3.54. The highest BCUT2D eigenvalue weighted by molar-refractivity contribution is 5.88. The van der Waals surface area contributed by atoms with Gasteiger partial charge in [0.15, 0.2) is 5.75 Å². The van der Waals surface area contributed by atoms with E-state index in [9.17, 15) is 14.9 Å². The number of nitro groups is 1. The molecule has 0 aliphatic carbocycles. The molecule has 0 saturated heterocycles. The molecule has 0 atom stereocenters. The first-order valence-corrected chi connectivity index (χ1v) is 8.10. The monoisotopic (exact) mass is 348 g/mol. The van der Waals surface area contributed by atoms with Gasteiger partial charge in [-0.05, 0) is 30.4 Å². The standard InChI is InChI=1S/C20H16N2O4/c1-2-19(23)26-18-9-5-7-15-11-13-16(21-20(15)18)12-10-14-6-3-4-8-17(14)22(24)25/h3-13H,2H2,1H3/b12-10+. The molecule has 0 amide bonds. The van der Waals surface area contributed by atoms with Crippen molar-refractivity contribution in [1.82, 2.24) is 4.98 Å². The number of ether oxygens (including phenoxy) is 1. The number of pyridine rings is 1. The van der Waals surface area contributed by atoms with E-state index in [4.69, 9.17) is 4.74 Å². The topological polar surface area (TPSA) is 82.3 Å². The van der Waals surface area contributed by atoms with E-state index in [1.54, 1.807) is 55.5 Å². The van der Waals surface area contributed by atoms with Crippen molar-refractivity contribution >= 4 is 34.7 Å². The summed E-state index contributed by atoms with van der Waals surface area (Å²) in [5, 5.41) is 11.9. The van der Waals surface area contributed by atoms with E-state index in [1.807, 2.05) is 12.1 Å². The lowest BCUT2D eigenvalue weighted by atomic mass is 10.1. The molecule has 2 aromatic carbocycles. The Morgan fingerprint density at radius 2 is 1.92 bits per heavy atom. The summed E-state index contributed by atoms with van der Waals surface area (Å²) in [4.78, 5) is 26.8. The highest BCUT2D eigenvalue weighted by Gasteiger charge is 2.10. The smallest absolute Gasteiger partial charge is 0.310 e. The van der Waals surface area contributed by atoms with E-state index in [0.717, 1.165) is 5.39 Å². The molecule has 6 heteroatoms. The van der Waals surface area contributed by atoms with E-state index < -0.39 is 4.92 Å². The summed E-state index contributed by atoms with van der Waals surface area (Å²) in [7, 11) is 0. The maximum atomic E-state index is 11.6. The zero-order chi connectivity index (χ0) is 18.5. The highest BCUT2D eigenvalue weighted by Crippen LogP contribution is 2.25. The molecule has 1 heterocycles. The molecule has 6 nitrogen and oxygen atoms in total. The number of benzene rings is 2. The van der Waals surface area contributed by atoms with Crippen LogP contribution in [0.2, 0.25) is 0 Å². The molecule has 0 spiro atoms. The van der Waals surface area contributed by atoms with Gasteiger partial charge in [0, 0.05) is 17.9 Å². The van der Waals surface area contributed by atoms with E-state index >= 15 is 0 Å². The van der Waals surface area contributed by atoms with Gasteiger partial charge in [0.1, 0.15) is 5.52 Å². The number of rotatable bonds is 5. The van der Waals surface area contributed by atoms with Gasteiger partial charge < -0.3 is 4.74 Å². The van der Waals surface area contributed by atoms with Crippen molar-refractivity contribution in [3.63, 3.8) is 0 Å². The van der Waals surface area contributed by atoms with Crippen LogP contribution < -0.4 is 4.74 Å². The second-order valence-corrected chi connectivity index (χ2v) is 5.54. The van der Waals surface area contributed by atoms with Crippen LogP contribution in [0, 0.1) is 10.1 Å². The lowest BCUT2D eigenvalue weighted by molar-refractivity contribution is -0.385. The zero-order valence-corrected chi connectivity index (χ0v) is 14.1. The number of fused-ring (bicyclic) bond motifs is 1. The van der Waals surface area contributed by atoms with Crippen molar-refractivity contribution in [2.24, 2.45) is 0 Å². The SMILES string of the molecule is CCC(=O)Oc1cccc2ccc(/C=C/c3ccccc3[N+](=O)[O-])nc12. The Bertz CT molecular complexity index is 1010. The maximum Gasteiger partial charge on any atom is 0.310 e. The average molecular weight is 348 g/mol. The molecule has 0 unspecified atom stereocenters. The molecule has 0 saturated carbocycles. The van der Waals surface area contributed by atoms with Crippen molar-refractivity contribution in [1.29, 1.82) is 0 Å². The van der Waals surface area contributed by atoms with E-state index in [1.165, 1.54) is 6.07 Å². The number of hydrogen-bond donors (Lipinski definition) is 0. The number of para-hydroxylation sites is 2. The summed E-state index contributed by atoms with van der Waals surface area (Å²) in [5.74, 6) is 0.0652. The lowest BCUT2D eigenvalue weighted by Gasteiger charge is -2.07. The molecule has 3 rings (SSSR count). The van der Waals surface area contributed by atoms with Gasteiger partial charge in [0.05, 0.1) is 16.2 Å². The van der Waals surface area contributed by atoms with Gasteiger partial charge in [-0.2, -0.15) is 0 Å². The fourth-order valence-electron chi connectivity index (χ4n) is 2.47. The predicted octanol–water partition coefficient (Wildman–Crippen LogP) is 4.63. The van der Waals surface area contributed by atoms with Crippen LogP contribution in [0.4, 0.5) is 5.69 Å². The molecule has 130 valence electrons. The molecule has 0 N–H and O–H groups in total. The molecular formula is C20H16N2O4. The molecule has 3 aromatic rings. The molecule has 0 bridgehead atoms. The zero-order valence-electron chi connectivity index (χ0n) is 14.1. The van der Waals surface area contributed by atoms with Crippen LogP contribution in [0.15, 0.2) is 54.6 Å². The van der Waals surface area contributed by atoms with Crippen LogP contribution in [0.5, 0.6) is 5.75 Å². The summed E-state index contributed by atoms with van der Waals surface area (Å²) in [6.07, 6.45) is 3.61. The van der Waals surface area contributed by atoms with Crippen LogP contribution in [0.25, 0.3) is 23.1 Å². The molecular weight excluding hydrogens is 332 g/mol. The summed E-state index contributed by atoms with van der Waals surface area (Å²) < 4.78 is 5.33. The summed E-state index contributed by atoms with van der Waals surface area (Å²) >= 11 is 0. The fourth-order valence-corrected chi connectivity index (χ4v) is 2.47. The molecule has 0 fully saturated rings. The minimum Gasteiger partial charge on any atom is -0.424 e. The third-order valence-electron chi connectivity index (χ3n) is 3.78. The van der Waals surface area contributed by atoms with Crippen molar-refractivity contribution in [2.45, 2.75) is 13.3 Å². The van der Waals surface area contributed by atoms with Crippen LogP contribution in [-0.2, 0) is 4.79 Å². The minimum absolute atomic E-state index is 0.0297. The van der Waals surface area contributed by atoms with E-state index in [-0.39, 0.29) is 18.1 Å². The van der Waals surface area contributed by atoms with E-state index in [0.29, 0.717) is 22.5 Å². The Morgan fingerprint density at radius 3 is 2.69 bits per heavy atom. The third-order valence-corrected chi connectivity index (χ3v) is 3.78. The maximum absolute atomic E-state index is 11.6. The summed E-state index contributed by atoms with van der Waals surface area (Å²) in [5.41, 5.74) is 1.70. The summed E-state index contributed by atoms with van der Waals surface area (Å²) in [6.45, 7) is 1.72. The second kappa shape index (κ2) is 7.57. The highest BCUT2D eigenvalue weighted by atomic mass is 16.6. The van der Waals surface area contributed by atoms with Crippen LogP contribution >= 0.6 is 0 Å². The number of aromatic nitrogens is 1. The van der Waals surface area contributed by atoms with Gasteiger partial charge in [-0.25, -0.2) is 4.98 Å². The van der Waals surface area contributed by atoms with Crippen molar-refractivity contribution in [3.8, 4) is 5.75 Å². The Balaban J connectivity index is 1.98. The van der Waals surface area contributed by atoms with Crippen LogP contribution in [0.1, 0.15) is 24.6 Å². The number of hydrogen-bond acceptors (Lipinski definition) is 5. The number of nitrogens with zero attached hydrogens (tertiary/aromatic N) is 2. The van der Waals surface area contributed by atoms with Gasteiger partial charge in [-0.3, -0.25) is 14.9 Å². The molecule has 0 aliphatic heterocycles. The summed E-state index contributed by atoms with van der Waals surface area (Å²) in [6, 6.07) is 15.5. The van der Waals surface area contributed by atoms with Gasteiger partial charge >= 0.3 is 5.97 Å². The Morgan fingerprint density at radius 1 is 1.12 bits per heavy atom. The largest absolute Gasteiger partial charge is 0.424 e. The Labute approximate surface area is 149 Å². The molecule has 26 heavy (non-hydrogen) atoms.